The lowest BCUT2D eigenvalue weighted by molar-refractivity contribution is 0.596. The van der Waals surface area contributed by atoms with Gasteiger partial charge < -0.3 is 5.32 Å². The maximum atomic E-state index is 3.48. The fraction of sp³-hybridized carbons (Fsp3) is 0.200. The van der Waals surface area contributed by atoms with E-state index in [1.165, 1.54) is 27.5 Å². The average molecular weight is 275 g/mol. The SMILES string of the molecule is CNC(Cc1ccccc1)c1ccc(C)c2ccccc12. The smallest absolute Gasteiger partial charge is 0.0364 e. The summed E-state index contributed by atoms with van der Waals surface area (Å²) in [5.41, 5.74) is 4.08. The Morgan fingerprint density at radius 1 is 0.810 bits per heavy atom. The van der Waals surface area contributed by atoms with Crippen molar-refractivity contribution in [2.75, 3.05) is 7.05 Å². The third-order valence-electron chi connectivity index (χ3n) is 4.18. The molecular formula is C20H21N. The summed E-state index contributed by atoms with van der Waals surface area (Å²) in [4.78, 5) is 0. The molecule has 3 aromatic rings. The highest BCUT2D eigenvalue weighted by atomic mass is 14.9. The van der Waals surface area contributed by atoms with E-state index in [2.05, 4.69) is 79.0 Å². The van der Waals surface area contributed by atoms with Gasteiger partial charge in [-0.2, -0.15) is 0 Å². The van der Waals surface area contributed by atoms with E-state index in [4.69, 9.17) is 0 Å². The Morgan fingerprint density at radius 3 is 2.19 bits per heavy atom. The minimum atomic E-state index is 0.331. The first kappa shape index (κ1) is 13.8. The Morgan fingerprint density at radius 2 is 1.48 bits per heavy atom. The van der Waals surface area contributed by atoms with Gasteiger partial charge in [0.25, 0.3) is 0 Å². The lowest BCUT2D eigenvalue weighted by Gasteiger charge is -2.20. The second kappa shape index (κ2) is 6.11. The topological polar surface area (TPSA) is 12.0 Å². The van der Waals surface area contributed by atoms with Crippen LogP contribution in [0.3, 0.4) is 0 Å². The van der Waals surface area contributed by atoms with Crippen molar-refractivity contribution in [2.45, 2.75) is 19.4 Å². The summed E-state index contributed by atoms with van der Waals surface area (Å²) in [5.74, 6) is 0. The second-order valence-electron chi connectivity index (χ2n) is 5.55. The molecule has 0 heterocycles. The molecule has 0 radical (unpaired) electrons. The van der Waals surface area contributed by atoms with Crippen LogP contribution in [0.2, 0.25) is 0 Å². The zero-order valence-corrected chi connectivity index (χ0v) is 12.6. The predicted molar refractivity (Wildman–Crippen MR) is 90.6 cm³/mol. The van der Waals surface area contributed by atoms with Gasteiger partial charge in [-0.15, -0.1) is 0 Å². The van der Waals surface area contributed by atoms with E-state index in [1.54, 1.807) is 0 Å². The molecule has 3 rings (SSSR count). The highest BCUT2D eigenvalue weighted by molar-refractivity contribution is 5.88. The summed E-state index contributed by atoms with van der Waals surface area (Å²) in [7, 11) is 2.04. The molecule has 0 fully saturated rings. The first-order valence-corrected chi connectivity index (χ1v) is 7.49. The van der Waals surface area contributed by atoms with Crippen LogP contribution in [-0.4, -0.2) is 7.05 Å². The molecule has 0 aliphatic heterocycles. The number of nitrogens with one attached hydrogen (secondary N) is 1. The molecule has 1 heteroatoms. The van der Waals surface area contributed by atoms with Gasteiger partial charge in [-0.05, 0) is 47.9 Å². The number of hydrogen-bond donors (Lipinski definition) is 1. The lowest BCUT2D eigenvalue weighted by atomic mass is 9.92. The molecule has 0 aliphatic rings. The molecule has 1 N–H and O–H groups in total. The predicted octanol–water partition coefficient (Wildman–Crippen LogP) is 4.65. The molecule has 0 amide bonds. The van der Waals surface area contributed by atoms with E-state index in [1.807, 2.05) is 7.05 Å². The van der Waals surface area contributed by atoms with E-state index in [0.29, 0.717) is 6.04 Å². The van der Waals surface area contributed by atoms with Gasteiger partial charge in [0.05, 0.1) is 0 Å². The van der Waals surface area contributed by atoms with Gasteiger partial charge in [0.15, 0.2) is 0 Å². The number of fused-ring (bicyclic) bond motifs is 1. The van der Waals surface area contributed by atoms with Crippen molar-refractivity contribution in [3.63, 3.8) is 0 Å². The van der Waals surface area contributed by atoms with Gasteiger partial charge in [-0.25, -0.2) is 0 Å². The van der Waals surface area contributed by atoms with Crippen LogP contribution in [0.4, 0.5) is 0 Å². The van der Waals surface area contributed by atoms with Crippen molar-refractivity contribution in [1.82, 2.24) is 5.32 Å². The Bertz CT molecular complexity index is 731. The van der Waals surface area contributed by atoms with Crippen LogP contribution in [0.15, 0.2) is 66.7 Å². The van der Waals surface area contributed by atoms with Gasteiger partial charge in [-0.1, -0.05) is 66.7 Å². The van der Waals surface area contributed by atoms with Crippen LogP contribution in [0.1, 0.15) is 22.7 Å². The number of benzene rings is 3. The molecule has 0 bridgehead atoms. The summed E-state index contributed by atoms with van der Waals surface area (Å²) in [6.07, 6.45) is 1.00. The highest BCUT2D eigenvalue weighted by Crippen LogP contribution is 2.28. The van der Waals surface area contributed by atoms with Crippen LogP contribution in [0.25, 0.3) is 10.8 Å². The fourth-order valence-corrected chi connectivity index (χ4v) is 2.99. The summed E-state index contributed by atoms with van der Waals surface area (Å²) in [6.45, 7) is 2.18. The standard InChI is InChI=1S/C20H21N/c1-15-12-13-19(18-11-7-6-10-17(15)18)20(21-2)14-16-8-4-3-5-9-16/h3-13,20-21H,14H2,1-2H3. The van der Waals surface area contributed by atoms with Crippen LogP contribution in [0.5, 0.6) is 0 Å². The molecule has 0 saturated heterocycles. The minimum Gasteiger partial charge on any atom is -0.313 e. The molecule has 106 valence electrons. The number of rotatable bonds is 4. The molecule has 1 atom stereocenters. The van der Waals surface area contributed by atoms with Crippen LogP contribution in [0, 0.1) is 6.92 Å². The molecule has 21 heavy (non-hydrogen) atoms. The van der Waals surface area contributed by atoms with Gasteiger partial charge in [0.2, 0.25) is 0 Å². The molecule has 1 unspecified atom stereocenters. The van der Waals surface area contributed by atoms with Crippen molar-refractivity contribution in [1.29, 1.82) is 0 Å². The Kier molecular flexibility index (Phi) is 4.03. The first-order valence-electron chi connectivity index (χ1n) is 7.49. The summed E-state index contributed by atoms with van der Waals surface area (Å²) >= 11 is 0. The van der Waals surface area contributed by atoms with E-state index in [-0.39, 0.29) is 0 Å². The zero-order valence-electron chi connectivity index (χ0n) is 12.6. The molecule has 0 aliphatic carbocycles. The van der Waals surface area contributed by atoms with E-state index in [9.17, 15) is 0 Å². The molecule has 1 nitrogen and oxygen atoms in total. The third kappa shape index (κ3) is 2.84. The largest absolute Gasteiger partial charge is 0.313 e. The monoisotopic (exact) mass is 275 g/mol. The summed E-state index contributed by atoms with van der Waals surface area (Å²) in [6, 6.07) is 24.2. The second-order valence-corrected chi connectivity index (χ2v) is 5.55. The summed E-state index contributed by atoms with van der Waals surface area (Å²) in [5, 5.41) is 6.18. The zero-order chi connectivity index (χ0) is 14.7. The summed E-state index contributed by atoms with van der Waals surface area (Å²) < 4.78 is 0. The van der Waals surface area contributed by atoms with E-state index in [0.717, 1.165) is 6.42 Å². The van der Waals surface area contributed by atoms with Crippen molar-refractivity contribution >= 4 is 10.8 Å². The number of aryl methyl sites for hydroxylation is 1. The normalized spacial score (nSPS) is 12.5. The van der Waals surface area contributed by atoms with Crippen molar-refractivity contribution in [2.24, 2.45) is 0 Å². The molecular weight excluding hydrogens is 254 g/mol. The maximum absolute atomic E-state index is 3.48. The van der Waals surface area contributed by atoms with Crippen LogP contribution >= 0.6 is 0 Å². The third-order valence-corrected chi connectivity index (χ3v) is 4.18. The van der Waals surface area contributed by atoms with Gasteiger partial charge in [0.1, 0.15) is 0 Å². The van der Waals surface area contributed by atoms with E-state index < -0.39 is 0 Å². The van der Waals surface area contributed by atoms with Gasteiger partial charge >= 0.3 is 0 Å². The van der Waals surface area contributed by atoms with Crippen molar-refractivity contribution in [3.8, 4) is 0 Å². The fourth-order valence-electron chi connectivity index (χ4n) is 2.99. The Labute approximate surface area is 126 Å². The minimum absolute atomic E-state index is 0.331. The highest BCUT2D eigenvalue weighted by Gasteiger charge is 2.13. The van der Waals surface area contributed by atoms with Gasteiger partial charge in [-0.3, -0.25) is 0 Å². The van der Waals surface area contributed by atoms with Gasteiger partial charge in [0, 0.05) is 6.04 Å². The quantitative estimate of drug-likeness (QED) is 0.730. The average Bonchev–Trinajstić information content (AvgIpc) is 2.55. The van der Waals surface area contributed by atoms with E-state index >= 15 is 0 Å². The molecule has 0 saturated carbocycles. The Balaban J connectivity index is 2.03. The Hall–Kier alpha value is -2.12. The molecule has 0 spiro atoms. The van der Waals surface area contributed by atoms with Crippen LogP contribution < -0.4 is 5.32 Å². The number of likely N-dealkylation sites (N-methyl/N-ethyl adjacent to an activating group) is 1. The number of hydrogen-bond acceptors (Lipinski definition) is 1. The first-order chi connectivity index (χ1) is 10.3. The maximum Gasteiger partial charge on any atom is 0.0364 e. The van der Waals surface area contributed by atoms with Crippen LogP contribution in [-0.2, 0) is 6.42 Å². The van der Waals surface area contributed by atoms with Crippen molar-refractivity contribution in [3.05, 3.63) is 83.4 Å². The van der Waals surface area contributed by atoms with Crippen molar-refractivity contribution < 1.29 is 0 Å². The molecule has 3 aromatic carbocycles. The lowest BCUT2D eigenvalue weighted by Crippen LogP contribution is -2.19. The molecule has 0 aromatic heterocycles.